The largest absolute Gasteiger partial charge is 0.353 e. The molecule has 0 saturated carbocycles. The van der Waals surface area contributed by atoms with Crippen LogP contribution >= 0.6 is 0 Å². The second-order valence-electron chi connectivity index (χ2n) is 3.10. The van der Waals surface area contributed by atoms with Gasteiger partial charge in [0.25, 0.3) is 0 Å². The summed E-state index contributed by atoms with van der Waals surface area (Å²) in [6, 6.07) is 0. The first kappa shape index (κ1) is 6.68. The molecular weight excluding hydrogens is 127 g/mol. The summed E-state index contributed by atoms with van der Waals surface area (Å²) >= 11 is 0. The van der Waals surface area contributed by atoms with E-state index in [1.165, 1.54) is 0 Å². The van der Waals surface area contributed by atoms with E-state index < -0.39 is 0 Å². The predicted molar refractivity (Wildman–Crippen MR) is 39.2 cm³/mol. The van der Waals surface area contributed by atoms with Crippen molar-refractivity contribution in [2.75, 3.05) is 13.2 Å². The van der Waals surface area contributed by atoms with Crippen LogP contribution in [0.4, 0.5) is 0 Å². The Bertz CT molecular complexity index is 128. The van der Waals surface area contributed by atoms with E-state index in [4.69, 9.17) is 9.47 Å². The standard InChI is InChI=1S/C7H12BO2/c1-8-7-2-4-9-6(7)10-5-3-7/h6H,2-5H2,1H3. The van der Waals surface area contributed by atoms with Crippen molar-refractivity contribution >= 4 is 7.28 Å². The Morgan fingerprint density at radius 1 is 1.30 bits per heavy atom. The smallest absolute Gasteiger partial charge is 0.156 e. The van der Waals surface area contributed by atoms with Crippen LogP contribution in [0, 0.1) is 0 Å². The van der Waals surface area contributed by atoms with E-state index in [-0.39, 0.29) is 11.6 Å². The highest BCUT2D eigenvalue weighted by molar-refractivity contribution is 6.38. The number of fused-ring (bicyclic) bond motifs is 1. The average molecular weight is 139 g/mol. The van der Waals surface area contributed by atoms with Crippen molar-refractivity contribution in [2.24, 2.45) is 0 Å². The molecule has 0 aromatic carbocycles. The normalized spacial score (nSPS) is 45.5. The van der Waals surface area contributed by atoms with Gasteiger partial charge in [0.15, 0.2) is 6.29 Å². The molecule has 0 unspecified atom stereocenters. The van der Waals surface area contributed by atoms with Gasteiger partial charge in [0, 0.05) is 13.2 Å². The van der Waals surface area contributed by atoms with Gasteiger partial charge in [-0.05, 0) is 18.2 Å². The Morgan fingerprint density at radius 3 is 2.30 bits per heavy atom. The van der Waals surface area contributed by atoms with E-state index in [0.717, 1.165) is 26.1 Å². The van der Waals surface area contributed by atoms with Gasteiger partial charge in [-0.3, -0.25) is 0 Å². The molecule has 2 fully saturated rings. The molecule has 2 nitrogen and oxygen atoms in total. The van der Waals surface area contributed by atoms with Gasteiger partial charge in [-0.1, -0.05) is 6.82 Å². The SMILES string of the molecule is C[B]C12CCOC1OCC2. The molecule has 0 spiro atoms. The lowest BCUT2D eigenvalue weighted by molar-refractivity contribution is -0.0881. The summed E-state index contributed by atoms with van der Waals surface area (Å²) in [7, 11) is 2.25. The van der Waals surface area contributed by atoms with Crippen LogP contribution in [0.25, 0.3) is 0 Å². The molecule has 2 saturated heterocycles. The topological polar surface area (TPSA) is 18.5 Å². The molecule has 0 aliphatic carbocycles. The van der Waals surface area contributed by atoms with E-state index in [1.807, 2.05) is 0 Å². The van der Waals surface area contributed by atoms with Gasteiger partial charge in [0.1, 0.15) is 7.28 Å². The maximum atomic E-state index is 5.42. The third-order valence-corrected chi connectivity index (χ3v) is 2.72. The molecule has 1 radical (unpaired) electrons. The summed E-state index contributed by atoms with van der Waals surface area (Å²) in [5, 5.41) is 0.278. The van der Waals surface area contributed by atoms with Crippen LogP contribution in [0.1, 0.15) is 12.8 Å². The Morgan fingerprint density at radius 2 is 1.90 bits per heavy atom. The number of ether oxygens (including phenoxy) is 2. The summed E-state index contributed by atoms with van der Waals surface area (Å²) in [4.78, 5) is 0. The maximum Gasteiger partial charge on any atom is 0.156 e. The van der Waals surface area contributed by atoms with Gasteiger partial charge in [-0.15, -0.1) is 0 Å². The lowest BCUT2D eigenvalue weighted by atomic mass is 9.52. The first-order valence-corrected chi connectivity index (χ1v) is 3.91. The van der Waals surface area contributed by atoms with Gasteiger partial charge in [0.05, 0.1) is 0 Å². The maximum absolute atomic E-state index is 5.42. The van der Waals surface area contributed by atoms with Crippen molar-refractivity contribution < 1.29 is 9.47 Å². The fraction of sp³-hybridized carbons (Fsp3) is 1.00. The molecular formula is C7H12BO2. The average Bonchev–Trinajstić information content (AvgIpc) is 2.42. The van der Waals surface area contributed by atoms with Gasteiger partial charge in [0.2, 0.25) is 0 Å². The molecule has 0 amide bonds. The highest BCUT2D eigenvalue weighted by atomic mass is 16.7. The molecule has 0 atom stereocenters. The summed E-state index contributed by atoms with van der Waals surface area (Å²) in [5.74, 6) is 0. The molecule has 55 valence electrons. The highest BCUT2D eigenvalue weighted by Crippen LogP contribution is 2.49. The number of rotatable bonds is 1. The van der Waals surface area contributed by atoms with Crippen molar-refractivity contribution in [1.82, 2.24) is 0 Å². The first-order chi connectivity index (χ1) is 4.87. The molecule has 0 N–H and O–H groups in total. The minimum atomic E-state index is 0.0810. The van der Waals surface area contributed by atoms with Gasteiger partial charge >= 0.3 is 0 Å². The third-order valence-electron chi connectivity index (χ3n) is 2.72. The molecule has 2 heterocycles. The summed E-state index contributed by atoms with van der Waals surface area (Å²) in [6.07, 6.45) is 2.37. The Kier molecular flexibility index (Phi) is 1.50. The van der Waals surface area contributed by atoms with E-state index in [2.05, 4.69) is 14.1 Å². The zero-order valence-corrected chi connectivity index (χ0v) is 6.30. The van der Waals surface area contributed by atoms with Gasteiger partial charge in [-0.2, -0.15) is 0 Å². The second kappa shape index (κ2) is 2.24. The van der Waals surface area contributed by atoms with Gasteiger partial charge < -0.3 is 9.47 Å². The Balaban J connectivity index is 2.15. The zero-order chi connectivity index (χ0) is 7.03. The molecule has 2 aliphatic rings. The van der Waals surface area contributed by atoms with E-state index >= 15 is 0 Å². The monoisotopic (exact) mass is 139 g/mol. The summed E-state index contributed by atoms with van der Waals surface area (Å²) in [5.41, 5.74) is 0. The second-order valence-corrected chi connectivity index (χ2v) is 3.10. The molecule has 10 heavy (non-hydrogen) atoms. The fourth-order valence-corrected chi connectivity index (χ4v) is 1.88. The van der Waals surface area contributed by atoms with Crippen LogP contribution in [0.3, 0.4) is 0 Å². The number of hydrogen-bond acceptors (Lipinski definition) is 2. The molecule has 0 bridgehead atoms. The van der Waals surface area contributed by atoms with Gasteiger partial charge in [-0.25, -0.2) is 0 Å². The van der Waals surface area contributed by atoms with E-state index in [9.17, 15) is 0 Å². The summed E-state index contributed by atoms with van der Waals surface area (Å²) < 4.78 is 10.8. The zero-order valence-electron chi connectivity index (χ0n) is 6.30. The quantitative estimate of drug-likeness (QED) is 0.505. The lowest BCUT2D eigenvalue weighted by Crippen LogP contribution is -2.23. The first-order valence-electron chi connectivity index (χ1n) is 3.91. The minimum absolute atomic E-state index is 0.0810. The van der Waals surface area contributed by atoms with Crippen molar-refractivity contribution in [3.63, 3.8) is 0 Å². The lowest BCUT2D eigenvalue weighted by Gasteiger charge is -2.22. The Labute approximate surface area is 62.1 Å². The summed E-state index contributed by atoms with van der Waals surface area (Å²) in [6.45, 7) is 3.85. The van der Waals surface area contributed by atoms with Crippen LogP contribution in [-0.2, 0) is 9.47 Å². The van der Waals surface area contributed by atoms with E-state index in [1.54, 1.807) is 0 Å². The molecule has 2 rings (SSSR count). The van der Waals surface area contributed by atoms with Crippen molar-refractivity contribution in [3.8, 4) is 0 Å². The van der Waals surface area contributed by atoms with E-state index in [0.29, 0.717) is 0 Å². The third kappa shape index (κ3) is 0.737. The van der Waals surface area contributed by atoms with Crippen LogP contribution in [-0.4, -0.2) is 26.8 Å². The Hall–Kier alpha value is -0.0151. The predicted octanol–water partition coefficient (Wildman–Crippen LogP) is 1.06. The van der Waals surface area contributed by atoms with Crippen LogP contribution < -0.4 is 0 Å². The van der Waals surface area contributed by atoms with Crippen LogP contribution in [0.5, 0.6) is 0 Å². The minimum Gasteiger partial charge on any atom is -0.353 e. The molecule has 0 aromatic heterocycles. The molecule has 2 aliphatic heterocycles. The highest BCUT2D eigenvalue weighted by Gasteiger charge is 2.47. The van der Waals surface area contributed by atoms with Crippen LogP contribution in [0.15, 0.2) is 0 Å². The van der Waals surface area contributed by atoms with Crippen molar-refractivity contribution in [2.45, 2.75) is 31.3 Å². The molecule has 3 heteroatoms. The molecule has 0 aromatic rings. The number of hydrogen-bond donors (Lipinski definition) is 0. The van der Waals surface area contributed by atoms with Crippen molar-refractivity contribution in [3.05, 3.63) is 0 Å². The van der Waals surface area contributed by atoms with Crippen molar-refractivity contribution in [1.29, 1.82) is 0 Å². The fourth-order valence-electron chi connectivity index (χ4n) is 1.88. The van der Waals surface area contributed by atoms with Crippen LogP contribution in [0.2, 0.25) is 12.1 Å².